The van der Waals surface area contributed by atoms with Crippen molar-refractivity contribution in [2.45, 2.75) is 6.42 Å². The number of quaternary nitrogens is 1. The van der Waals surface area contributed by atoms with Gasteiger partial charge in [-0.25, -0.2) is 9.37 Å². The molecule has 0 aliphatic rings. The summed E-state index contributed by atoms with van der Waals surface area (Å²) in [6, 6.07) is 13.4. The van der Waals surface area contributed by atoms with E-state index in [4.69, 9.17) is 5.26 Å². The van der Waals surface area contributed by atoms with Crippen LogP contribution in [0, 0.1) is 17.1 Å². The summed E-state index contributed by atoms with van der Waals surface area (Å²) in [5.41, 5.74) is 1.26. The number of benzene rings is 2. The predicted molar refractivity (Wildman–Crippen MR) is 105 cm³/mol. The number of para-hydroxylation sites is 1. The molecule has 0 saturated heterocycles. The van der Waals surface area contributed by atoms with Crippen LogP contribution < -0.4 is 9.80 Å². The number of nitrogens with zero attached hydrogens (tertiary/aromatic N) is 3. The van der Waals surface area contributed by atoms with Crippen molar-refractivity contribution >= 4 is 32.6 Å². The molecule has 7 heteroatoms. The topological polar surface area (TPSA) is 61.4 Å². The van der Waals surface area contributed by atoms with E-state index in [2.05, 4.69) is 19.1 Å². The van der Waals surface area contributed by atoms with Gasteiger partial charge in [0.15, 0.2) is 5.13 Å². The maximum absolute atomic E-state index is 14.0. The molecule has 1 heterocycles. The number of carbonyl (C=O) groups excluding carboxylic acids is 1. The highest BCUT2D eigenvalue weighted by molar-refractivity contribution is 7.22. The molecule has 0 fully saturated rings. The summed E-state index contributed by atoms with van der Waals surface area (Å²) in [7, 11) is 4.11. The van der Waals surface area contributed by atoms with Crippen LogP contribution >= 0.6 is 11.3 Å². The summed E-state index contributed by atoms with van der Waals surface area (Å²) in [5.74, 6) is -0.591. The lowest BCUT2D eigenvalue weighted by molar-refractivity contribution is -0.858. The normalized spacial score (nSPS) is 10.9. The standard InChI is InChI=1S/C20H19FN4OS/c1-24(2)11-4-12-25(19(26)15-9-7-14(13-22)8-10-15)20-23-18-16(21)5-3-6-17(18)27-20/h3,5-10H,4,11-12H2,1-2H3/p+1. The fourth-order valence-corrected chi connectivity index (χ4v) is 3.74. The van der Waals surface area contributed by atoms with E-state index in [1.54, 1.807) is 41.3 Å². The van der Waals surface area contributed by atoms with Gasteiger partial charge in [0.2, 0.25) is 0 Å². The van der Waals surface area contributed by atoms with Gasteiger partial charge in [0, 0.05) is 18.5 Å². The molecule has 1 aromatic heterocycles. The fourth-order valence-electron chi connectivity index (χ4n) is 2.74. The van der Waals surface area contributed by atoms with E-state index < -0.39 is 5.82 Å². The molecule has 2 aromatic carbocycles. The van der Waals surface area contributed by atoms with Gasteiger partial charge in [-0.15, -0.1) is 0 Å². The largest absolute Gasteiger partial charge is 0.340 e. The van der Waals surface area contributed by atoms with Crippen LogP contribution in [0.2, 0.25) is 0 Å². The van der Waals surface area contributed by atoms with Crippen molar-refractivity contribution in [3.8, 4) is 6.07 Å². The van der Waals surface area contributed by atoms with Gasteiger partial charge in [0.05, 0.1) is 37.0 Å². The van der Waals surface area contributed by atoms with E-state index in [1.807, 2.05) is 6.07 Å². The SMILES string of the molecule is C[NH+](C)CCCN(C(=O)c1ccc(C#N)cc1)c1nc2c(F)cccc2s1. The molecule has 0 bridgehead atoms. The highest BCUT2D eigenvalue weighted by Crippen LogP contribution is 2.31. The molecule has 1 amide bonds. The second kappa shape index (κ2) is 8.25. The third-order valence-electron chi connectivity index (χ3n) is 4.15. The monoisotopic (exact) mass is 383 g/mol. The number of rotatable bonds is 6. The van der Waals surface area contributed by atoms with Crippen molar-refractivity contribution in [2.24, 2.45) is 0 Å². The van der Waals surface area contributed by atoms with E-state index in [0.29, 0.717) is 27.5 Å². The molecule has 3 rings (SSSR count). The van der Waals surface area contributed by atoms with Gasteiger partial charge in [0.1, 0.15) is 11.3 Å². The number of carbonyl (C=O) groups is 1. The maximum Gasteiger partial charge on any atom is 0.260 e. The Labute approximate surface area is 161 Å². The molecular weight excluding hydrogens is 363 g/mol. The smallest absolute Gasteiger partial charge is 0.260 e. The summed E-state index contributed by atoms with van der Waals surface area (Å²) >= 11 is 1.30. The van der Waals surface area contributed by atoms with E-state index >= 15 is 0 Å². The first kappa shape index (κ1) is 19.0. The second-order valence-electron chi connectivity index (χ2n) is 6.54. The number of halogens is 1. The lowest BCUT2D eigenvalue weighted by Crippen LogP contribution is -3.05. The summed E-state index contributed by atoms with van der Waals surface area (Å²) in [6.45, 7) is 1.39. The molecule has 0 aliphatic heterocycles. The first-order chi connectivity index (χ1) is 13.0. The first-order valence-corrected chi connectivity index (χ1v) is 9.47. The Morgan fingerprint density at radius 1 is 1.26 bits per heavy atom. The van der Waals surface area contributed by atoms with Gasteiger partial charge >= 0.3 is 0 Å². The molecule has 5 nitrogen and oxygen atoms in total. The number of thiazole rings is 1. The van der Waals surface area contributed by atoms with Crippen molar-refractivity contribution in [1.29, 1.82) is 5.26 Å². The average molecular weight is 383 g/mol. The number of hydrogen-bond acceptors (Lipinski definition) is 4. The maximum atomic E-state index is 14.0. The van der Waals surface area contributed by atoms with Crippen molar-refractivity contribution < 1.29 is 14.1 Å². The molecular formula is C20H20FN4OS+. The van der Waals surface area contributed by atoms with Crippen molar-refractivity contribution in [1.82, 2.24) is 4.98 Å². The number of hydrogen-bond donors (Lipinski definition) is 1. The predicted octanol–water partition coefficient (Wildman–Crippen LogP) is 2.49. The molecule has 0 unspecified atom stereocenters. The Morgan fingerprint density at radius 3 is 2.63 bits per heavy atom. The molecule has 0 spiro atoms. The molecule has 0 radical (unpaired) electrons. The Balaban J connectivity index is 1.94. The summed E-state index contributed by atoms with van der Waals surface area (Å²) < 4.78 is 14.7. The third kappa shape index (κ3) is 4.30. The second-order valence-corrected chi connectivity index (χ2v) is 7.55. The Kier molecular flexibility index (Phi) is 5.79. The molecule has 1 N–H and O–H groups in total. The van der Waals surface area contributed by atoms with Crippen LogP contribution in [0.25, 0.3) is 10.2 Å². The van der Waals surface area contributed by atoms with Crippen LogP contribution in [0.4, 0.5) is 9.52 Å². The number of nitrogens with one attached hydrogen (secondary N) is 1. The number of fused-ring (bicyclic) bond motifs is 1. The van der Waals surface area contributed by atoms with Gasteiger partial charge in [-0.1, -0.05) is 17.4 Å². The Hall–Kier alpha value is -2.82. The third-order valence-corrected chi connectivity index (χ3v) is 5.20. The van der Waals surface area contributed by atoms with Crippen LogP contribution in [-0.2, 0) is 0 Å². The fraction of sp³-hybridized carbons (Fsp3) is 0.250. The van der Waals surface area contributed by atoms with Crippen LogP contribution in [-0.4, -0.2) is 38.1 Å². The van der Waals surface area contributed by atoms with Gasteiger partial charge in [-0.3, -0.25) is 9.69 Å². The van der Waals surface area contributed by atoms with E-state index in [1.165, 1.54) is 22.3 Å². The quantitative estimate of drug-likeness (QED) is 0.711. The molecule has 27 heavy (non-hydrogen) atoms. The van der Waals surface area contributed by atoms with Crippen LogP contribution in [0.5, 0.6) is 0 Å². The number of nitriles is 1. The molecule has 0 aliphatic carbocycles. The first-order valence-electron chi connectivity index (χ1n) is 8.65. The van der Waals surface area contributed by atoms with Gasteiger partial charge < -0.3 is 4.90 Å². The minimum atomic E-state index is -0.390. The highest BCUT2D eigenvalue weighted by atomic mass is 32.1. The average Bonchev–Trinajstić information content (AvgIpc) is 3.10. The zero-order valence-electron chi connectivity index (χ0n) is 15.2. The van der Waals surface area contributed by atoms with Crippen molar-refractivity contribution in [3.63, 3.8) is 0 Å². The summed E-state index contributed by atoms with van der Waals surface area (Å²) in [5, 5.41) is 9.42. The van der Waals surface area contributed by atoms with Gasteiger partial charge in [0.25, 0.3) is 5.91 Å². The number of aromatic nitrogens is 1. The summed E-state index contributed by atoms with van der Waals surface area (Å²) in [4.78, 5) is 20.4. The lowest BCUT2D eigenvalue weighted by atomic mass is 10.1. The molecule has 0 saturated carbocycles. The number of amides is 1. The van der Waals surface area contributed by atoms with Crippen molar-refractivity contribution in [2.75, 3.05) is 32.1 Å². The van der Waals surface area contributed by atoms with E-state index in [-0.39, 0.29) is 11.4 Å². The highest BCUT2D eigenvalue weighted by Gasteiger charge is 2.22. The molecule has 0 atom stereocenters. The Bertz CT molecular complexity index is 991. The zero-order valence-corrected chi connectivity index (χ0v) is 16.0. The van der Waals surface area contributed by atoms with Crippen LogP contribution in [0.15, 0.2) is 42.5 Å². The summed E-state index contributed by atoms with van der Waals surface area (Å²) in [6.07, 6.45) is 0.794. The van der Waals surface area contributed by atoms with Crippen molar-refractivity contribution in [3.05, 3.63) is 59.4 Å². The van der Waals surface area contributed by atoms with E-state index in [9.17, 15) is 9.18 Å². The molecule has 3 aromatic rings. The van der Waals surface area contributed by atoms with Crippen LogP contribution in [0.3, 0.4) is 0 Å². The lowest BCUT2D eigenvalue weighted by Gasteiger charge is -2.20. The zero-order chi connectivity index (χ0) is 19.4. The van der Waals surface area contributed by atoms with Crippen LogP contribution in [0.1, 0.15) is 22.3 Å². The minimum Gasteiger partial charge on any atom is -0.340 e. The number of anilines is 1. The molecule has 138 valence electrons. The van der Waals surface area contributed by atoms with Gasteiger partial charge in [-0.05, 0) is 36.4 Å². The minimum absolute atomic E-state index is 0.201. The van der Waals surface area contributed by atoms with Gasteiger partial charge in [-0.2, -0.15) is 5.26 Å². The Morgan fingerprint density at radius 2 is 2.00 bits per heavy atom. The van der Waals surface area contributed by atoms with E-state index in [0.717, 1.165) is 13.0 Å².